The maximum atomic E-state index is 12.9. The van der Waals surface area contributed by atoms with Gasteiger partial charge in [-0.1, -0.05) is 32.8 Å². The number of benzene rings is 1. The molecule has 4 atom stereocenters. The Hall–Kier alpha value is -1.92. The van der Waals surface area contributed by atoms with Gasteiger partial charge in [-0.3, -0.25) is 9.59 Å². The van der Waals surface area contributed by atoms with Crippen LogP contribution < -0.4 is 5.32 Å². The molecule has 4 rings (SSSR count). The van der Waals surface area contributed by atoms with Gasteiger partial charge in [-0.05, 0) is 47.9 Å². The number of fused-ring (bicyclic) bond motifs is 1. The van der Waals surface area contributed by atoms with E-state index in [-0.39, 0.29) is 24.0 Å². The van der Waals surface area contributed by atoms with Gasteiger partial charge in [0.05, 0.1) is 0 Å². The van der Waals surface area contributed by atoms with E-state index >= 15 is 0 Å². The van der Waals surface area contributed by atoms with Crippen LogP contribution in [0, 0.1) is 11.8 Å². The molecule has 2 amide bonds. The number of carbonyl (C=O) groups excluding carboxylic acids is 2. The molecule has 0 spiro atoms. The van der Waals surface area contributed by atoms with Crippen LogP contribution in [0.25, 0.3) is 0 Å². The first-order valence-electron chi connectivity index (χ1n) is 10.5. The molecule has 0 bridgehead atoms. The van der Waals surface area contributed by atoms with Crippen molar-refractivity contribution in [2.45, 2.75) is 64.8 Å². The van der Waals surface area contributed by atoms with Crippen molar-refractivity contribution < 1.29 is 19.1 Å². The van der Waals surface area contributed by atoms with Crippen molar-refractivity contribution in [3.63, 3.8) is 0 Å². The van der Waals surface area contributed by atoms with Crippen molar-refractivity contribution >= 4 is 17.5 Å². The highest BCUT2D eigenvalue weighted by atomic mass is 16.5. The number of nitrogens with one attached hydrogen (secondary N) is 1. The monoisotopic (exact) mass is 386 g/mol. The number of ether oxygens (including phenoxy) is 2. The number of nitrogens with zero attached hydrogens (tertiary/aromatic N) is 1. The third kappa shape index (κ3) is 3.67. The van der Waals surface area contributed by atoms with Crippen LogP contribution in [0.4, 0.5) is 5.69 Å². The molecule has 152 valence electrons. The minimum Gasteiger partial charge on any atom is -0.368 e. The van der Waals surface area contributed by atoms with Crippen LogP contribution in [-0.4, -0.2) is 42.1 Å². The van der Waals surface area contributed by atoms with Crippen LogP contribution in [0.3, 0.4) is 0 Å². The fourth-order valence-electron chi connectivity index (χ4n) is 4.69. The second-order valence-electron chi connectivity index (χ2n) is 8.16. The highest BCUT2D eigenvalue weighted by Gasteiger charge is 2.37. The normalized spacial score (nSPS) is 29.1. The molecule has 0 saturated carbocycles. The van der Waals surface area contributed by atoms with Gasteiger partial charge >= 0.3 is 0 Å². The second kappa shape index (κ2) is 8.21. The number of amides is 2. The molecule has 0 aromatic heterocycles. The van der Waals surface area contributed by atoms with E-state index in [1.165, 1.54) is 0 Å². The molecule has 3 heterocycles. The summed E-state index contributed by atoms with van der Waals surface area (Å²) in [5.74, 6) is 0.640. The van der Waals surface area contributed by atoms with Gasteiger partial charge in [-0.15, -0.1) is 0 Å². The molecule has 28 heavy (non-hydrogen) atoms. The first-order chi connectivity index (χ1) is 13.6. The van der Waals surface area contributed by atoms with Gasteiger partial charge in [0.15, 0.2) is 0 Å². The van der Waals surface area contributed by atoms with E-state index < -0.39 is 0 Å². The van der Waals surface area contributed by atoms with Crippen LogP contribution in [0.5, 0.6) is 0 Å². The molecular formula is C22H30N2O4. The Bertz CT molecular complexity index is 750. The smallest absolute Gasteiger partial charge is 0.253 e. The summed E-state index contributed by atoms with van der Waals surface area (Å²) in [6.07, 6.45) is 3.16. The Kier molecular flexibility index (Phi) is 5.69. The predicted molar refractivity (Wildman–Crippen MR) is 106 cm³/mol. The van der Waals surface area contributed by atoms with Crippen molar-refractivity contribution in [3.05, 3.63) is 29.3 Å². The Morgan fingerprint density at radius 1 is 1.00 bits per heavy atom. The minimum atomic E-state index is -0.359. The van der Waals surface area contributed by atoms with Crippen molar-refractivity contribution in [3.8, 4) is 0 Å². The Balaban J connectivity index is 1.40. The molecule has 2 saturated heterocycles. The summed E-state index contributed by atoms with van der Waals surface area (Å²) in [5.41, 5.74) is 3.00. The van der Waals surface area contributed by atoms with Gasteiger partial charge in [0, 0.05) is 32.0 Å². The number of carbonyl (C=O) groups is 2. The summed E-state index contributed by atoms with van der Waals surface area (Å²) in [6.45, 7) is 6.73. The number of rotatable bonds is 5. The van der Waals surface area contributed by atoms with Crippen LogP contribution in [0.15, 0.2) is 18.2 Å². The zero-order chi connectivity index (χ0) is 19.7. The van der Waals surface area contributed by atoms with Crippen molar-refractivity contribution in [1.29, 1.82) is 0 Å². The average Bonchev–Trinajstić information content (AvgIpc) is 3.44. The first kappa shape index (κ1) is 19.4. The standard InChI is InChI=1S/C22H30N2O4/c1-3-14-7-9-27-19(14)21(25)23-18-6-5-16-12-24(13-17(16)11-18)22(26)20-15(4-2)8-10-28-20/h5-6,11,14-15,19-20H,3-4,7-10,12-13H2,1-2H3,(H,23,25)/t14-,15+,19+,20-/m1/s1. The molecule has 3 aliphatic heterocycles. The summed E-state index contributed by atoms with van der Waals surface area (Å²) < 4.78 is 11.4. The van der Waals surface area contributed by atoms with E-state index in [9.17, 15) is 9.59 Å². The van der Waals surface area contributed by atoms with E-state index in [0.29, 0.717) is 38.1 Å². The van der Waals surface area contributed by atoms with Crippen molar-refractivity contribution in [2.24, 2.45) is 11.8 Å². The Morgan fingerprint density at radius 3 is 2.36 bits per heavy atom. The van der Waals surface area contributed by atoms with Gasteiger partial charge in [0.1, 0.15) is 12.2 Å². The second-order valence-corrected chi connectivity index (χ2v) is 8.16. The summed E-state index contributed by atoms with van der Waals surface area (Å²) in [6, 6.07) is 5.92. The van der Waals surface area contributed by atoms with Gasteiger partial charge in [-0.2, -0.15) is 0 Å². The summed E-state index contributed by atoms with van der Waals surface area (Å²) >= 11 is 0. The Labute approximate surface area is 166 Å². The van der Waals surface area contributed by atoms with E-state index in [2.05, 4.69) is 19.2 Å². The first-order valence-corrected chi connectivity index (χ1v) is 10.5. The fraction of sp³-hybridized carbons (Fsp3) is 0.636. The minimum absolute atomic E-state index is 0.0691. The molecule has 3 aliphatic rings. The third-order valence-corrected chi connectivity index (χ3v) is 6.49. The largest absolute Gasteiger partial charge is 0.368 e. The van der Waals surface area contributed by atoms with Crippen molar-refractivity contribution in [1.82, 2.24) is 4.90 Å². The quantitative estimate of drug-likeness (QED) is 0.844. The van der Waals surface area contributed by atoms with Crippen LogP contribution in [0.1, 0.15) is 50.7 Å². The zero-order valence-electron chi connectivity index (χ0n) is 16.8. The number of hydrogen-bond acceptors (Lipinski definition) is 4. The molecule has 0 radical (unpaired) electrons. The lowest BCUT2D eigenvalue weighted by atomic mass is 9.98. The molecule has 2 fully saturated rings. The Morgan fingerprint density at radius 2 is 1.64 bits per heavy atom. The lowest BCUT2D eigenvalue weighted by molar-refractivity contribution is -0.143. The average molecular weight is 386 g/mol. The number of hydrogen-bond donors (Lipinski definition) is 1. The van der Waals surface area contributed by atoms with Crippen LogP contribution >= 0.6 is 0 Å². The van der Waals surface area contributed by atoms with Gasteiger partial charge in [0.2, 0.25) is 0 Å². The molecule has 1 aromatic carbocycles. The van der Waals surface area contributed by atoms with E-state index in [1.807, 2.05) is 23.1 Å². The molecule has 0 unspecified atom stereocenters. The zero-order valence-corrected chi connectivity index (χ0v) is 16.8. The lowest BCUT2D eigenvalue weighted by Crippen LogP contribution is -2.38. The molecule has 6 heteroatoms. The molecule has 6 nitrogen and oxygen atoms in total. The SMILES string of the molecule is CC[C@@H]1CCO[C@@H]1C(=O)Nc1ccc2c(c1)CN(C(=O)[C@@H]1OCC[C@@H]1CC)C2. The lowest BCUT2D eigenvalue weighted by Gasteiger charge is -2.23. The van der Waals surface area contributed by atoms with Gasteiger partial charge in [0.25, 0.3) is 11.8 Å². The molecule has 1 aromatic rings. The topological polar surface area (TPSA) is 67.9 Å². The third-order valence-electron chi connectivity index (χ3n) is 6.49. The summed E-state index contributed by atoms with van der Waals surface area (Å²) in [4.78, 5) is 27.4. The molecule has 0 aliphatic carbocycles. The van der Waals surface area contributed by atoms with Crippen LogP contribution in [-0.2, 0) is 32.2 Å². The summed E-state index contributed by atoms with van der Waals surface area (Å²) in [5, 5.41) is 3.00. The maximum Gasteiger partial charge on any atom is 0.253 e. The highest BCUT2D eigenvalue weighted by molar-refractivity contribution is 5.94. The number of anilines is 1. The summed E-state index contributed by atoms with van der Waals surface area (Å²) in [7, 11) is 0. The highest BCUT2D eigenvalue weighted by Crippen LogP contribution is 2.31. The molecule has 1 N–H and O–H groups in total. The fourth-order valence-corrected chi connectivity index (χ4v) is 4.69. The van der Waals surface area contributed by atoms with E-state index in [0.717, 1.165) is 42.5 Å². The van der Waals surface area contributed by atoms with E-state index in [4.69, 9.17) is 9.47 Å². The molecular weight excluding hydrogens is 356 g/mol. The maximum absolute atomic E-state index is 12.9. The van der Waals surface area contributed by atoms with Gasteiger partial charge in [-0.25, -0.2) is 0 Å². The predicted octanol–water partition coefficient (Wildman–Crippen LogP) is 3.10. The van der Waals surface area contributed by atoms with Crippen molar-refractivity contribution in [2.75, 3.05) is 18.5 Å². The van der Waals surface area contributed by atoms with E-state index in [1.54, 1.807) is 0 Å². The van der Waals surface area contributed by atoms with Gasteiger partial charge < -0.3 is 19.7 Å². The van der Waals surface area contributed by atoms with Crippen LogP contribution in [0.2, 0.25) is 0 Å².